The first kappa shape index (κ1) is 15.7. The fourth-order valence-corrected chi connectivity index (χ4v) is 2.24. The Labute approximate surface area is 131 Å². The molecular formula is C15H14N4O2S. The number of thiophene rings is 1. The summed E-state index contributed by atoms with van der Waals surface area (Å²) in [6.07, 6.45) is 1.43. The van der Waals surface area contributed by atoms with Crippen molar-refractivity contribution in [2.75, 3.05) is 5.32 Å². The first-order chi connectivity index (χ1) is 10.4. The normalized spacial score (nSPS) is 10.6. The van der Waals surface area contributed by atoms with E-state index < -0.39 is 11.4 Å². The van der Waals surface area contributed by atoms with Gasteiger partial charge in [-0.25, -0.2) is 0 Å². The molecule has 0 aliphatic rings. The van der Waals surface area contributed by atoms with E-state index in [1.54, 1.807) is 31.4 Å². The third-order valence-corrected chi connectivity index (χ3v) is 3.42. The van der Waals surface area contributed by atoms with Crippen molar-refractivity contribution in [1.29, 1.82) is 5.26 Å². The molecule has 0 saturated carbocycles. The molecule has 0 atom stereocenters. The zero-order valence-electron chi connectivity index (χ0n) is 12.1. The third-order valence-electron chi connectivity index (χ3n) is 2.74. The fourth-order valence-electron chi connectivity index (χ4n) is 1.61. The number of nitrogens with zero attached hydrogens (tertiary/aromatic N) is 2. The summed E-state index contributed by atoms with van der Waals surface area (Å²) in [5.41, 5.74) is 0.158. The van der Waals surface area contributed by atoms with E-state index in [0.29, 0.717) is 11.3 Å². The van der Waals surface area contributed by atoms with Crippen LogP contribution in [0, 0.1) is 11.3 Å². The van der Waals surface area contributed by atoms with Gasteiger partial charge in [-0.15, -0.1) is 0 Å². The number of rotatable bonds is 4. The molecule has 2 heterocycles. The summed E-state index contributed by atoms with van der Waals surface area (Å²) in [7, 11) is 0. The van der Waals surface area contributed by atoms with Gasteiger partial charge in [0.05, 0.1) is 11.6 Å². The second-order valence-electron chi connectivity index (χ2n) is 5.09. The highest BCUT2D eigenvalue weighted by Gasteiger charge is 2.21. The van der Waals surface area contributed by atoms with Gasteiger partial charge < -0.3 is 10.6 Å². The minimum Gasteiger partial charge on any atom is -0.333 e. The quantitative estimate of drug-likeness (QED) is 0.906. The Morgan fingerprint density at radius 2 is 2.09 bits per heavy atom. The second-order valence-corrected chi connectivity index (χ2v) is 5.87. The lowest BCUT2D eigenvalue weighted by Crippen LogP contribution is -2.42. The van der Waals surface area contributed by atoms with Gasteiger partial charge in [0.25, 0.3) is 11.8 Å². The Morgan fingerprint density at radius 3 is 2.73 bits per heavy atom. The van der Waals surface area contributed by atoms with Gasteiger partial charge in [-0.2, -0.15) is 16.6 Å². The van der Waals surface area contributed by atoms with Crippen molar-refractivity contribution in [2.45, 2.75) is 19.4 Å². The highest BCUT2D eigenvalue weighted by atomic mass is 32.1. The average Bonchev–Trinajstić information content (AvgIpc) is 3.01. The molecule has 0 saturated heterocycles. The van der Waals surface area contributed by atoms with Crippen LogP contribution in [0.25, 0.3) is 0 Å². The molecule has 0 aromatic carbocycles. The van der Waals surface area contributed by atoms with Gasteiger partial charge in [0, 0.05) is 17.3 Å². The van der Waals surface area contributed by atoms with Gasteiger partial charge >= 0.3 is 0 Å². The molecule has 7 heteroatoms. The Kier molecular flexibility index (Phi) is 4.53. The van der Waals surface area contributed by atoms with Gasteiger partial charge in [-0.3, -0.25) is 14.6 Å². The highest BCUT2D eigenvalue weighted by Crippen LogP contribution is 2.13. The molecule has 0 radical (unpaired) electrons. The number of aromatic nitrogens is 1. The summed E-state index contributed by atoms with van der Waals surface area (Å²) in [4.78, 5) is 28.0. The largest absolute Gasteiger partial charge is 0.333 e. The topological polar surface area (TPSA) is 94.9 Å². The van der Waals surface area contributed by atoms with E-state index in [1.807, 2.05) is 11.4 Å². The zero-order valence-corrected chi connectivity index (χ0v) is 12.9. The van der Waals surface area contributed by atoms with E-state index in [0.717, 1.165) is 0 Å². The highest BCUT2D eigenvalue weighted by molar-refractivity contribution is 7.08. The van der Waals surface area contributed by atoms with Crippen molar-refractivity contribution in [3.63, 3.8) is 0 Å². The molecule has 0 spiro atoms. The number of carbonyl (C=O) groups is 2. The van der Waals surface area contributed by atoms with Crippen molar-refractivity contribution < 1.29 is 9.59 Å². The van der Waals surface area contributed by atoms with Crippen molar-refractivity contribution in [2.24, 2.45) is 0 Å². The summed E-state index contributed by atoms with van der Waals surface area (Å²) in [5.74, 6) is -0.727. The molecule has 2 amide bonds. The first-order valence-electron chi connectivity index (χ1n) is 6.45. The standard InChI is InChI=1S/C15H14N4O2S/c1-15(2,9-16)19-14(21)12-7-11(3-5-17-12)18-13(20)10-4-6-22-8-10/h3-8H,1-2H3,(H,19,21)(H,17,18,20). The second kappa shape index (κ2) is 6.37. The van der Waals surface area contributed by atoms with Crippen molar-refractivity contribution >= 4 is 28.8 Å². The van der Waals surface area contributed by atoms with Gasteiger partial charge in [-0.1, -0.05) is 0 Å². The molecule has 2 rings (SSSR count). The Bertz CT molecular complexity index is 732. The first-order valence-corrected chi connectivity index (χ1v) is 7.39. The lowest BCUT2D eigenvalue weighted by molar-refractivity contribution is 0.0923. The van der Waals surface area contributed by atoms with Gasteiger partial charge in [-0.05, 0) is 37.4 Å². The lowest BCUT2D eigenvalue weighted by atomic mass is 10.1. The predicted molar refractivity (Wildman–Crippen MR) is 83.7 cm³/mol. The SMILES string of the molecule is CC(C)(C#N)NC(=O)c1cc(NC(=O)c2ccsc2)ccn1. The van der Waals surface area contributed by atoms with Crippen LogP contribution in [0.1, 0.15) is 34.7 Å². The molecule has 0 bridgehead atoms. The van der Waals surface area contributed by atoms with Crippen molar-refractivity contribution in [3.8, 4) is 6.07 Å². The number of hydrogen-bond acceptors (Lipinski definition) is 5. The Morgan fingerprint density at radius 1 is 1.32 bits per heavy atom. The van der Waals surface area contributed by atoms with Gasteiger partial charge in [0.15, 0.2) is 0 Å². The minimum atomic E-state index is -0.991. The Hall–Kier alpha value is -2.72. The van der Waals surface area contributed by atoms with Gasteiger partial charge in [0.2, 0.25) is 0 Å². The molecule has 0 fully saturated rings. The van der Waals surface area contributed by atoms with E-state index >= 15 is 0 Å². The van der Waals surface area contributed by atoms with E-state index in [-0.39, 0.29) is 11.6 Å². The summed E-state index contributed by atoms with van der Waals surface area (Å²) in [6, 6.07) is 6.75. The summed E-state index contributed by atoms with van der Waals surface area (Å²) >= 11 is 1.43. The maximum atomic E-state index is 12.1. The number of pyridine rings is 1. The van der Waals surface area contributed by atoms with Crippen LogP contribution in [-0.2, 0) is 0 Å². The van der Waals surface area contributed by atoms with E-state index in [9.17, 15) is 9.59 Å². The van der Waals surface area contributed by atoms with Crippen LogP contribution in [0.4, 0.5) is 5.69 Å². The third kappa shape index (κ3) is 3.90. The predicted octanol–water partition coefficient (Wildman–Crippen LogP) is 2.43. The van der Waals surface area contributed by atoms with E-state index in [2.05, 4.69) is 15.6 Å². The number of anilines is 1. The molecular weight excluding hydrogens is 300 g/mol. The minimum absolute atomic E-state index is 0.131. The molecule has 6 nitrogen and oxygen atoms in total. The maximum absolute atomic E-state index is 12.1. The molecule has 22 heavy (non-hydrogen) atoms. The van der Waals surface area contributed by atoms with Crippen LogP contribution in [0.2, 0.25) is 0 Å². The molecule has 112 valence electrons. The van der Waals surface area contributed by atoms with Crippen LogP contribution in [0.5, 0.6) is 0 Å². The number of hydrogen-bond donors (Lipinski definition) is 2. The van der Waals surface area contributed by atoms with Crippen LogP contribution in [0.15, 0.2) is 35.2 Å². The molecule has 2 aromatic heterocycles. The van der Waals surface area contributed by atoms with Crippen molar-refractivity contribution in [3.05, 3.63) is 46.4 Å². The Balaban J connectivity index is 2.12. The van der Waals surface area contributed by atoms with Crippen LogP contribution < -0.4 is 10.6 Å². The maximum Gasteiger partial charge on any atom is 0.271 e. The summed E-state index contributed by atoms with van der Waals surface area (Å²) in [5, 5.41) is 17.7. The summed E-state index contributed by atoms with van der Waals surface area (Å²) in [6.45, 7) is 3.18. The fraction of sp³-hybridized carbons (Fsp3) is 0.200. The van der Waals surface area contributed by atoms with Crippen LogP contribution in [-0.4, -0.2) is 22.3 Å². The molecule has 0 unspecified atom stereocenters. The number of nitriles is 1. The van der Waals surface area contributed by atoms with Crippen molar-refractivity contribution in [1.82, 2.24) is 10.3 Å². The number of amides is 2. The van der Waals surface area contributed by atoms with Gasteiger partial charge in [0.1, 0.15) is 11.2 Å². The van der Waals surface area contributed by atoms with E-state index in [1.165, 1.54) is 23.6 Å². The molecule has 0 aliphatic carbocycles. The van der Waals surface area contributed by atoms with Crippen LogP contribution in [0.3, 0.4) is 0 Å². The molecule has 0 aliphatic heterocycles. The molecule has 2 N–H and O–H groups in total. The number of carbonyl (C=O) groups excluding carboxylic acids is 2. The van der Waals surface area contributed by atoms with Crippen LogP contribution >= 0.6 is 11.3 Å². The smallest absolute Gasteiger partial charge is 0.271 e. The average molecular weight is 314 g/mol. The lowest BCUT2D eigenvalue weighted by Gasteiger charge is -2.17. The monoisotopic (exact) mass is 314 g/mol. The number of nitrogens with one attached hydrogen (secondary N) is 2. The van der Waals surface area contributed by atoms with E-state index in [4.69, 9.17) is 5.26 Å². The zero-order chi connectivity index (χ0) is 16.2. The molecule has 2 aromatic rings. The summed E-state index contributed by atoms with van der Waals surface area (Å²) < 4.78 is 0.